The van der Waals surface area contributed by atoms with Crippen molar-refractivity contribution >= 4 is 5.97 Å². The number of ether oxygens (including phenoxy) is 1. The second-order valence-corrected chi connectivity index (χ2v) is 5.01. The Balaban J connectivity index is 2.35. The van der Waals surface area contributed by atoms with E-state index in [1.165, 1.54) is 0 Å². The van der Waals surface area contributed by atoms with Crippen molar-refractivity contribution in [3.05, 3.63) is 0 Å². The molecule has 0 bridgehead atoms. The summed E-state index contributed by atoms with van der Waals surface area (Å²) in [5, 5.41) is 0. The molecule has 2 N–H and O–H groups in total. The zero-order chi connectivity index (χ0) is 10.8. The maximum Gasteiger partial charge on any atom is 0.325 e. The van der Waals surface area contributed by atoms with Gasteiger partial charge < -0.3 is 10.5 Å². The lowest BCUT2D eigenvalue weighted by molar-refractivity contribution is -0.156. The summed E-state index contributed by atoms with van der Waals surface area (Å²) in [6.07, 6.45) is 4.39. The highest BCUT2D eigenvalue weighted by Gasteiger charge is 2.28. The molecule has 1 aliphatic carbocycles. The number of hydrogen-bond acceptors (Lipinski definition) is 3. The van der Waals surface area contributed by atoms with Crippen molar-refractivity contribution in [2.75, 3.05) is 0 Å². The van der Waals surface area contributed by atoms with Gasteiger partial charge in [-0.25, -0.2) is 0 Å². The Bertz CT molecular complexity index is 200. The van der Waals surface area contributed by atoms with Crippen molar-refractivity contribution in [1.82, 2.24) is 0 Å². The summed E-state index contributed by atoms with van der Waals surface area (Å²) in [7, 11) is 0. The third kappa shape index (κ3) is 3.29. The lowest BCUT2D eigenvalue weighted by Crippen LogP contribution is -2.44. The number of carbonyl (C=O) groups is 1. The molecule has 0 heterocycles. The van der Waals surface area contributed by atoms with Crippen LogP contribution in [0.3, 0.4) is 0 Å². The topological polar surface area (TPSA) is 52.3 Å². The van der Waals surface area contributed by atoms with Crippen LogP contribution in [-0.2, 0) is 9.53 Å². The SMILES string of the molecule is CC1CCC(OC(=O)C(C)(C)N)CC1. The molecule has 0 spiro atoms. The van der Waals surface area contributed by atoms with E-state index in [2.05, 4.69) is 6.92 Å². The zero-order valence-electron chi connectivity index (χ0n) is 9.38. The van der Waals surface area contributed by atoms with Gasteiger partial charge in [-0.15, -0.1) is 0 Å². The highest BCUT2D eigenvalue weighted by molar-refractivity contribution is 5.79. The van der Waals surface area contributed by atoms with E-state index in [0.717, 1.165) is 31.6 Å². The molecule has 0 aromatic carbocycles. The predicted octanol–water partition coefficient (Wildman–Crippen LogP) is 1.85. The Morgan fingerprint density at radius 2 is 1.79 bits per heavy atom. The summed E-state index contributed by atoms with van der Waals surface area (Å²) < 4.78 is 5.34. The molecular formula is C11H21NO2. The highest BCUT2D eigenvalue weighted by atomic mass is 16.5. The fourth-order valence-corrected chi connectivity index (χ4v) is 1.65. The van der Waals surface area contributed by atoms with E-state index in [1.807, 2.05) is 0 Å². The van der Waals surface area contributed by atoms with Crippen molar-refractivity contribution in [3.63, 3.8) is 0 Å². The quantitative estimate of drug-likeness (QED) is 0.690. The van der Waals surface area contributed by atoms with Crippen LogP contribution in [0.25, 0.3) is 0 Å². The third-order valence-corrected chi connectivity index (χ3v) is 2.76. The number of esters is 1. The Hall–Kier alpha value is -0.570. The Morgan fingerprint density at radius 1 is 1.29 bits per heavy atom. The molecule has 0 radical (unpaired) electrons. The lowest BCUT2D eigenvalue weighted by atomic mass is 9.89. The minimum absolute atomic E-state index is 0.0986. The van der Waals surface area contributed by atoms with Gasteiger partial charge in [0.1, 0.15) is 11.6 Å². The fraction of sp³-hybridized carbons (Fsp3) is 0.909. The molecule has 0 unspecified atom stereocenters. The van der Waals surface area contributed by atoms with E-state index in [9.17, 15) is 4.79 Å². The molecule has 0 atom stereocenters. The van der Waals surface area contributed by atoms with Crippen LogP contribution in [0, 0.1) is 5.92 Å². The van der Waals surface area contributed by atoms with Crippen LogP contribution in [0.4, 0.5) is 0 Å². The number of hydrogen-bond donors (Lipinski definition) is 1. The first kappa shape index (κ1) is 11.5. The number of rotatable bonds is 2. The molecule has 0 aromatic heterocycles. The normalized spacial score (nSPS) is 28.6. The molecule has 1 aliphatic rings. The van der Waals surface area contributed by atoms with Crippen LogP contribution in [0.5, 0.6) is 0 Å². The van der Waals surface area contributed by atoms with Crippen molar-refractivity contribution in [1.29, 1.82) is 0 Å². The summed E-state index contributed by atoms with van der Waals surface area (Å²) >= 11 is 0. The van der Waals surface area contributed by atoms with Crippen LogP contribution in [0.1, 0.15) is 46.5 Å². The van der Waals surface area contributed by atoms with Gasteiger partial charge in [0, 0.05) is 0 Å². The maximum absolute atomic E-state index is 11.5. The van der Waals surface area contributed by atoms with Gasteiger partial charge >= 0.3 is 5.97 Å². The summed E-state index contributed by atoms with van der Waals surface area (Å²) in [6.45, 7) is 5.60. The second kappa shape index (κ2) is 4.30. The summed E-state index contributed by atoms with van der Waals surface area (Å²) in [6, 6.07) is 0. The number of nitrogens with two attached hydrogens (primary N) is 1. The van der Waals surface area contributed by atoms with Crippen molar-refractivity contribution in [2.24, 2.45) is 11.7 Å². The predicted molar refractivity (Wildman–Crippen MR) is 55.8 cm³/mol. The highest BCUT2D eigenvalue weighted by Crippen LogP contribution is 2.26. The molecule has 1 rings (SSSR count). The smallest absolute Gasteiger partial charge is 0.325 e. The first-order valence-electron chi connectivity index (χ1n) is 5.39. The van der Waals surface area contributed by atoms with E-state index in [1.54, 1.807) is 13.8 Å². The Kier molecular flexibility index (Phi) is 3.53. The van der Waals surface area contributed by atoms with Gasteiger partial charge in [0.25, 0.3) is 0 Å². The minimum atomic E-state index is -0.858. The van der Waals surface area contributed by atoms with E-state index in [-0.39, 0.29) is 12.1 Å². The van der Waals surface area contributed by atoms with Gasteiger partial charge in [0.05, 0.1) is 0 Å². The lowest BCUT2D eigenvalue weighted by Gasteiger charge is -2.28. The second-order valence-electron chi connectivity index (χ2n) is 5.01. The van der Waals surface area contributed by atoms with E-state index >= 15 is 0 Å². The Labute approximate surface area is 86.0 Å². The first-order valence-corrected chi connectivity index (χ1v) is 5.39. The third-order valence-electron chi connectivity index (χ3n) is 2.76. The van der Waals surface area contributed by atoms with Crippen molar-refractivity contribution in [2.45, 2.75) is 58.1 Å². The van der Waals surface area contributed by atoms with Crippen LogP contribution in [-0.4, -0.2) is 17.6 Å². The van der Waals surface area contributed by atoms with E-state index in [0.29, 0.717) is 0 Å². The maximum atomic E-state index is 11.5. The van der Waals surface area contributed by atoms with Crippen LogP contribution < -0.4 is 5.73 Å². The molecule has 0 aromatic rings. The van der Waals surface area contributed by atoms with Crippen LogP contribution >= 0.6 is 0 Å². The van der Waals surface area contributed by atoms with E-state index in [4.69, 9.17) is 10.5 Å². The van der Waals surface area contributed by atoms with Gasteiger partial charge in [-0.05, 0) is 45.4 Å². The molecule has 14 heavy (non-hydrogen) atoms. The Morgan fingerprint density at radius 3 is 2.21 bits per heavy atom. The monoisotopic (exact) mass is 199 g/mol. The molecule has 0 saturated heterocycles. The molecule has 82 valence electrons. The molecule has 0 aliphatic heterocycles. The summed E-state index contributed by atoms with van der Waals surface area (Å²) in [5.74, 6) is 0.493. The molecule has 3 heteroatoms. The fourth-order valence-electron chi connectivity index (χ4n) is 1.65. The summed E-state index contributed by atoms with van der Waals surface area (Å²) in [5.41, 5.74) is 4.79. The minimum Gasteiger partial charge on any atom is -0.461 e. The summed E-state index contributed by atoms with van der Waals surface area (Å²) in [4.78, 5) is 11.5. The molecular weight excluding hydrogens is 178 g/mol. The molecule has 3 nitrogen and oxygen atoms in total. The van der Waals surface area contributed by atoms with Crippen molar-refractivity contribution < 1.29 is 9.53 Å². The van der Waals surface area contributed by atoms with Gasteiger partial charge in [-0.3, -0.25) is 4.79 Å². The average molecular weight is 199 g/mol. The average Bonchev–Trinajstić information content (AvgIpc) is 2.07. The number of carbonyl (C=O) groups excluding carboxylic acids is 1. The first-order chi connectivity index (χ1) is 6.39. The van der Waals surface area contributed by atoms with Crippen LogP contribution in [0.2, 0.25) is 0 Å². The standard InChI is InChI=1S/C11H21NO2/c1-8-4-6-9(7-5-8)14-10(13)11(2,3)12/h8-9H,4-7,12H2,1-3H3. The zero-order valence-corrected chi connectivity index (χ0v) is 9.38. The largest absolute Gasteiger partial charge is 0.461 e. The molecule has 0 amide bonds. The van der Waals surface area contributed by atoms with E-state index < -0.39 is 5.54 Å². The van der Waals surface area contributed by atoms with Gasteiger partial charge in [0.2, 0.25) is 0 Å². The van der Waals surface area contributed by atoms with Gasteiger partial charge in [-0.1, -0.05) is 6.92 Å². The molecule has 1 fully saturated rings. The van der Waals surface area contributed by atoms with Gasteiger partial charge in [0.15, 0.2) is 0 Å². The van der Waals surface area contributed by atoms with Crippen LogP contribution in [0.15, 0.2) is 0 Å². The van der Waals surface area contributed by atoms with Crippen molar-refractivity contribution in [3.8, 4) is 0 Å². The molecule has 1 saturated carbocycles. The van der Waals surface area contributed by atoms with Gasteiger partial charge in [-0.2, -0.15) is 0 Å².